The first-order chi connectivity index (χ1) is 41.7. The summed E-state index contributed by atoms with van der Waals surface area (Å²) in [6, 6.07) is 39.3. The number of methoxy groups -OCH3 is 3. The quantitative estimate of drug-likeness (QED) is 0.0291. The number of benzene rings is 6. The van der Waals surface area contributed by atoms with E-state index < -0.39 is 0 Å². The Kier molecular flexibility index (Phi) is 18.8. The standard InChI is InChI=1S/C32H35ClN8O2.C31H33ClN8O2/c1-3-21-5-12-27-26(19-21)29(25-11-6-22(33)20-28(25)37-27)34-13-4-14-35-30-38-31(36-23-7-9-24(42-2)10-8-23)40-32(39-30)41-15-17-43-18-16-41;1-41-22-9-7-21(8-10-22)35-30-37-29(38-31(39-30)40-16-4-3-5-17-40)34-15-14-33-28-24-12-6-20(32)18-27(24)36-26-13-11-23(42-2)19-25(26)28/h5-12,19-20H,3-4,13-18H2,1-2H3,(H,34,37)(H2,35,36,38,39,40);6-13,18-19H,3-5,14-17H2,1-2H3,(H,33,36)(H2,34,35,37,38,39). The van der Waals surface area contributed by atoms with Gasteiger partial charge in [0, 0.05) is 95.3 Å². The minimum atomic E-state index is 0.474. The first-order valence-electron chi connectivity index (χ1n) is 28.7. The Bertz CT molecular complexity index is 3910. The van der Waals surface area contributed by atoms with Crippen molar-refractivity contribution in [2.45, 2.75) is 39.0 Å². The Balaban J connectivity index is 0.000000177. The lowest BCUT2D eigenvalue weighted by atomic mass is 10.0. The highest BCUT2D eigenvalue weighted by Crippen LogP contribution is 2.36. The second-order valence-corrected chi connectivity index (χ2v) is 21.2. The summed E-state index contributed by atoms with van der Waals surface area (Å²) < 4.78 is 21.6. The predicted molar refractivity (Wildman–Crippen MR) is 344 cm³/mol. The second-order valence-electron chi connectivity index (χ2n) is 20.4. The minimum absolute atomic E-state index is 0.474. The molecule has 2 aliphatic heterocycles. The molecular weight excluding hydrogens is 1120 g/mol. The van der Waals surface area contributed by atoms with Crippen molar-refractivity contribution in [3.05, 3.63) is 137 Å². The molecule has 6 heterocycles. The van der Waals surface area contributed by atoms with Gasteiger partial charge in [-0.15, -0.1) is 0 Å². The molecule has 0 amide bonds. The van der Waals surface area contributed by atoms with Gasteiger partial charge in [-0.2, -0.15) is 29.9 Å². The van der Waals surface area contributed by atoms with Crippen LogP contribution in [0.1, 0.15) is 38.2 Å². The van der Waals surface area contributed by atoms with Crippen LogP contribution in [-0.4, -0.2) is 127 Å². The van der Waals surface area contributed by atoms with E-state index in [1.54, 1.807) is 21.3 Å². The third-order valence-electron chi connectivity index (χ3n) is 14.7. The van der Waals surface area contributed by atoms with Crippen LogP contribution in [0, 0.1) is 0 Å². The lowest BCUT2D eigenvalue weighted by Crippen LogP contribution is -2.37. The smallest absolute Gasteiger partial charge is 0.233 e. The average Bonchev–Trinajstić information content (AvgIpc) is 2.39. The van der Waals surface area contributed by atoms with Crippen molar-refractivity contribution in [3.8, 4) is 17.2 Å². The van der Waals surface area contributed by atoms with E-state index in [1.165, 1.54) is 12.0 Å². The number of pyridine rings is 2. The lowest BCUT2D eigenvalue weighted by molar-refractivity contribution is 0.122. The molecule has 22 heteroatoms. The number of piperidine rings is 1. The van der Waals surface area contributed by atoms with Gasteiger partial charge in [0.1, 0.15) is 17.2 Å². The molecule has 85 heavy (non-hydrogen) atoms. The van der Waals surface area contributed by atoms with Crippen molar-refractivity contribution in [2.75, 3.05) is 129 Å². The molecule has 20 nitrogen and oxygen atoms in total. The third kappa shape index (κ3) is 14.5. The molecule has 0 bridgehead atoms. The summed E-state index contributed by atoms with van der Waals surface area (Å²) in [4.78, 5) is 42.3. The van der Waals surface area contributed by atoms with Gasteiger partial charge in [0.25, 0.3) is 0 Å². The maximum Gasteiger partial charge on any atom is 0.233 e. The summed E-state index contributed by atoms with van der Waals surface area (Å²) >= 11 is 12.6. The molecule has 2 aliphatic rings. The van der Waals surface area contributed by atoms with Gasteiger partial charge in [-0.1, -0.05) is 36.2 Å². The molecule has 0 spiro atoms. The van der Waals surface area contributed by atoms with E-state index in [-0.39, 0.29) is 0 Å². The van der Waals surface area contributed by atoms with Crippen LogP contribution in [0.5, 0.6) is 17.2 Å². The molecule has 2 fully saturated rings. The zero-order valence-electron chi connectivity index (χ0n) is 48.0. The van der Waals surface area contributed by atoms with Gasteiger partial charge in [0.05, 0.1) is 68.0 Å². The Morgan fingerprint density at radius 3 is 1.46 bits per heavy atom. The maximum atomic E-state index is 6.30. The van der Waals surface area contributed by atoms with Gasteiger partial charge in [0.15, 0.2) is 0 Å². The summed E-state index contributed by atoms with van der Waals surface area (Å²) in [7, 11) is 4.96. The minimum Gasteiger partial charge on any atom is -0.497 e. The zero-order valence-corrected chi connectivity index (χ0v) is 49.5. The van der Waals surface area contributed by atoms with E-state index >= 15 is 0 Å². The molecule has 0 atom stereocenters. The largest absolute Gasteiger partial charge is 0.497 e. The zero-order chi connectivity index (χ0) is 58.5. The van der Waals surface area contributed by atoms with E-state index in [0.29, 0.717) is 78.6 Å². The van der Waals surface area contributed by atoms with Crippen molar-refractivity contribution in [3.63, 3.8) is 0 Å². The van der Waals surface area contributed by atoms with Crippen LogP contribution in [0.3, 0.4) is 0 Å². The molecule has 2 saturated heterocycles. The van der Waals surface area contributed by atoms with E-state index in [9.17, 15) is 0 Å². The van der Waals surface area contributed by atoms with Crippen LogP contribution in [0.25, 0.3) is 43.6 Å². The molecular formula is C63H68Cl2N16O4. The topological polar surface area (TPSA) is 219 Å². The highest BCUT2D eigenvalue weighted by Gasteiger charge is 2.20. The normalized spacial score (nSPS) is 13.3. The van der Waals surface area contributed by atoms with Gasteiger partial charge in [-0.25, -0.2) is 9.97 Å². The highest BCUT2D eigenvalue weighted by atomic mass is 35.5. The van der Waals surface area contributed by atoms with Crippen molar-refractivity contribution in [1.29, 1.82) is 0 Å². The predicted octanol–water partition coefficient (Wildman–Crippen LogP) is 12.8. The number of halogens is 2. The second kappa shape index (κ2) is 27.6. The molecule has 0 unspecified atom stereocenters. The Hall–Kier alpha value is -8.98. The van der Waals surface area contributed by atoms with Gasteiger partial charge >= 0.3 is 0 Å². The SMILES string of the molecule is CCc1ccc2nc3cc(Cl)ccc3c(NCCCNc3nc(Nc4ccc(OC)cc4)nc(N4CCOCC4)n3)c2c1.COc1ccc(Nc2nc(NCCNc3c4ccc(Cl)cc4nc4ccc(OC)cc34)nc(N3CCCCC3)n2)cc1. The molecule has 438 valence electrons. The number of hydrogen-bond acceptors (Lipinski definition) is 20. The van der Waals surface area contributed by atoms with Crippen molar-refractivity contribution < 1.29 is 18.9 Å². The number of nitrogens with one attached hydrogen (secondary N) is 6. The average molecular weight is 1180 g/mol. The summed E-state index contributed by atoms with van der Waals surface area (Å²) in [6.07, 6.45) is 5.29. The number of aromatic nitrogens is 8. The van der Waals surface area contributed by atoms with Crippen molar-refractivity contribution in [1.82, 2.24) is 39.9 Å². The summed E-state index contributed by atoms with van der Waals surface area (Å²) in [6.45, 7) is 9.39. The highest BCUT2D eigenvalue weighted by molar-refractivity contribution is 6.32. The Labute approximate surface area is 503 Å². The van der Waals surface area contributed by atoms with Gasteiger partial charge in [-0.05, 0) is 153 Å². The van der Waals surface area contributed by atoms with Gasteiger partial charge < -0.3 is 60.6 Å². The van der Waals surface area contributed by atoms with Crippen molar-refractivity contribution >= 4 is 125 Å². The Morgan fingerprint density at radius 2 is 0.906 bits per heavy atom. The maximum absolute atomic E-state index is 6.30. The summed E-state index contributed by atoms with van der Waals surface area (Å²) in [5.41, 5.74) is 8.56. The molecule has 10 aromatic rings. The molecule has 12 rings (SSSR count). The fraction of sp³-hybridized carbons (Fsp3) is 0.302. The van der Waals surface area contributed by atoms with E-state index in [2.05, 4.69) is 76.8 Å². The van der Waals surface area contributed by atoms with E-state index in [4.69, 9.17) is 72.1 Å². The van der Waals surface area contributed by atoms with E-state index in [0.717, 1.165) is 142 Å². The lowest BCUT2D eigenvalue weighted by Gasteiger charge is -2.27. The number of hydrogen-bond donors (Lipinski definition) is 6. The number of morpholine rings is 1. The molecule has 4 aromatic heterocycles. The van der Waals surface area contributed by atoms with Crippen LogP contribution >= 0.6 is 23.2 Å². The number of aryl methyl sites for hydroxylation is 1. The molecule has 0 saturated carbocycles. The summed E-state index contributed by atoms with van der Waals surface area (Å²) in [5.74, 6) is 5.64. The number of rotatable bonds is 21. The number of fused-ring (bicyclic) bond motifs is 4. The first-order valence-corrected chi connectivity index (χ1v) is 29.4. The number of ether oxygens (including phenoxy) is 4. The van der Waals surface area contributed by atoms with Crippen molar-refractivity contribution in [2.24, 2.45) is 0 Å². The fourth-order valence-electron chi connectivity index (χ4n) is 10.2. The number of nitrogens with zero attached hydrogens (tertiary/aromatic N) is 10. The number of anilines is 10. The van der Waals surface area contributed by atoms with E-state index in [1.807, 2.05) is 103 Å². The van der Waals surface area contributed by atoms with Gasteiger partial charge in [-0.3, -0.25) is 0 Å². The molecule has 6 N–H and O–H groups in total. The van der Waals surface area contributed by atoms with Crippen LogP contribution in [0.2, 0.25) is 10.0 Å². The molecule has 6 aromatic carbocycles. The van der Waals surface area contributed by atoms with Crippen LogP contribution < -0.4 is 55.9 Å². The first kappa shape index (κ1) is 57.8. The molecule has 0 radical (unpaired) electrons. The third-order valence-corrected chi connectivity index (χ3v) is 15.1. The van der Waals surface area contributed by atoms with Gasteiger partial charge in [0.2, 0.25) is 35.7 Å². The van der Waals surface area contributed by atoms with Crippen LogP contribution in [0.15, 0.2) is 121 Å². The molecule has 0 aliphatic carbocycles. The Morgan fingerprint density at radius 1 is 0.435 bits per heavy atom. The van der Waals surface area contributed by atoms with Crippen LogP contribution in [0.4, 0.5) is 58.4 Å². The fourth-order valence-corrected chi connectivity index (χ4v) is 10.5. The van der Waals surface area contributed by atoms with Crippen LogP contribution in [-0.2, 0) is 11.2 Å². The summed E-state index contributed by atoms with van der Waals surface area (Å²) in [5, 5.41) is 26.2. The monoisotopic (exact) mass is 1180 g/mol.